The quantitative estimate of drug-likeness (QED) is 0.123. The molecule has 1 unspecified atom stereocenters. The molecule has 7 heteroatoms. The zero-order valence-electron chi connectivity index (χ0n) is 37.1. The van der Waals surface area contributed by atoms with Gasteiger partial charge >= 0.3 is 14.8 Å². The van der Waals surface area contributed by atoms with E-state index in [1.54, 1.807) is 0 Å². The summed E-state index contributed by atoms with van der Waals surface area (Å²) in [6, 6.07) is 82.3. The molecule has 2 aromatic heterocycles. The van der Waals surface area contributed by atoms with Crippen LogP contribution in [0.1, 0.15) is 5.56 Å². The number of rotatable bonds is 6. The summed E-state index contributed by atoms with van der Waals surface area (Å²) >= 11 is -2.01. The molecule has 0 bridgehead atoms. The Balaban J connectivity index is 0.000000149. The molecule has 0 saturated heterocycles. The highest BCUT2D eigenvalue weighted by Crippen LogP contribution is 2.36. The van der Waals surface area contributed by atoms with Crippen LogP contribution in [0, 0.1) is 6.92 Å². The van der Waals surface area contributed by atoms with Crippen LogP contribution in [0.4, 0.5) is 0 Å². The van der Waals surface area contributed by atoms with E-state index in [-0.39, 0.29) is 0 Å². The van der Waals surface area contributed by atoms with E-state index in [1.807, 2.05) is 30.3 Å². The van der Waals surface area contributed by atoms with E-state index in [4.69, 9.17) is 15.4 Å². The van der Waals surface area contributed by atoms with Gasteiger partial charge in [-0.2, -0.15) is 0 Å². The first-order chi connectivity index (χ1) is 33.1. The van der Waals surface area contributed by atoms with Crippen LogP contribution in [0.15, 0.2) is 231 Å². The van der Waals surface area contributed by atoms with Crippen molar-refractivity contribution in [2.75, 3.05) is 6.06 Å². The molecule has 12 aromatic rings. The maximum atomic E-state index is 6.34. The van der Waals surface area contributed by atoms with Crippen LogP contribution in [-0.2, 0) is 0 Å². The minimum Gasteiger partial charge on any atom is -0.608 e. The molecular weight excluding hydrogens is 849 g/mol. The lowest BCUT2D eigenvalue weighted by atomic mass is 10.0. The Kier molecular flexibility index (Phi) is 11.7. The van der Waals surface area contributed by atoms with Crippen LogP contribution in [0.25, 0.3) is 88.0 Å². The monoisotopic (exact) mass is 894 g/mol. The van der Waals surface area contributed by atoms with Gasteiger partial charge in [-0.05, 0) is 106 Å². The summed E-state index contributed by atoms with van der Waals surface area (Å²) < 4.78 is 18.6. The van der Waals surface area contributed by atoms with Crippen LogP contribution in [0.3, 0.4) is 0 Å². The van der Waals surface area contributed by atoms with E-state index < -0.39 is 14.8 Å². The third-order valence-electron chi connectivity index (χ3n) is 12.7. The number of hydrogen-bond acceptors (Lipinski definition) is 2. The van der Waals surface area contributed by atoms with Crippen LogP contribution < -0.4 is 12.0 Å². The highest BCUT2D eigenvalue weighted by molar-refractivity contribution is 7.19. The molecule has 2 radical (unpaired) electrons. The smallest absolute Gasteiger partial charge is 0.608 e. The fourth-order valence-electron chi connectivity index (χ4n) is 9.62. The van der Waals surface area contributed by atoms with E-state index in [0.717, 1.165) is 11.5 Å². The summed E-state index contributed by atoms with van der Waals surface area (Å²) in [6.07, 6.45) is 0. The molecule has 4 nitrogen and oxygen atoms in total. The molecule has 3 heterocycles. The summed E-state index contributed by atoms with van der Waals surface area (Å²) in [6.45, 7) is 2.14. The third kappa shape index (κ3) is 7.98. The van der Waals surface area contributed by atoms with Crippen molar-refractivity contribution in [3.8, 4) is 45.1 Å². The number of nitrogens with zero attached hydrogens (tertiary/aromatic N) is 2. The van der Waals surface area contributed by atoms with Gasteiger partial charge in [-0.1, -0.05) is 175 Å². The molecule has 0 saturated carbocycles. The number of benzene rings is 10. The molecule has 67 heavy (non-hydrogen) atoms. The topological polar surface area (TPSA) is 28.3 Å². The van der Waals surface area contributed by atoms with Gasteiger partial charge in [0, 0.05) is 38.3 Å². The van der Waals surface area contributed by atoms with Crippen LogP contribution in [0.5, 0.6) is 11.5 Å². The number of aromatic nitrogens is 2. The number of aryl methyl sites for hydroxylation is 1. The molecule has 0 aliphatic carbocycles. The van der Waals surface area contributed by atoms with Gasteiger partial charge in [0.1, 0.15) is 0 Å². The minimum absolute atomic E-state index is 0.667. The normalized spacial score (nSPS) is 11.6. The maximum absolute atomic E-state index is 6.34. The Morgan fingerprint density at radius 1 is 0.448 bits per heavy atom. The standard InChI is InChI=1S/C36H24N2.C12H10O.C11H9O.CH4BP.Al/c1-5-13-33-29(9-1)30-10-2-6-14-34(30)37(33)27-21-17-25(18-22-27)26-19-23-28(24-20-26)38-35-15-7-3-11-31(35)32-12-4-8-16-36(32)38;13-12-8-6-11(7-9-12)10-4-2-1-3-5-10;1-8-5-6-9-3-2-4-11(12)10(9)7-8;2-1-3;/h1-24H;1-9,13H;2-6,12H,1H3;1,3H2;/q;;;;+2/p-2. The molecular formula is C60H45AlBN2O2P. The first kappa shape index (κ1) is 42.3. The SMILES string of the molecule is Cc1ccc2cccc3c2[c]1[Al]([O]c1ccc(-c2ccccc2)cc1)[O]3.[B]CP.c1ccc2c(c1)c1ccccc1n2-c1ccc(-c2ccc(-n3c4ccccc4c4ccccc43)cc2)cc1. The van der Waals surface area contributed by atoms with Gasteiger partial charge in [-0.15, -0.1) is 9.24 Å². The van der Waals surface area contributed by atoms with E-state index in [1.165, 1.54) is 98.0 Å². The second-order valence-electron chi connectivity index (χ2n) is 16.7. The minimum atomic E-state index is -2.01. The Labute approximate surface area is 399 Å². The molecule has 0 N–H and O–H groups in total. The van der Waals surface area contributed by atoms with E-state index >= 15 is 0 Å². The fraction of sp³-hybridized carbons (Fsp3) is 0.0333. The molecule has 13 rings (SSSR count). The second kappa shape index (κ2) is 18.5. The predicted octanol–water partition coefficient (Wildman–Crippen LogP) is 14.5. The lowest BCUT2D eigenvalue weighted by molar-refractivity contribution is 0.448. The van der Waals surface area contributed by atoms with Gasteiger partial charge < -0.3 is 16.7 Å². The molecule has 0 spiro atoms. The van der Waals surface area contributed by atoms with Crippen LogP contribution >= 0.6 is 9.24 Å². The average Bonchev–Trinajstić information content (AvgIpc) is 4.05. The van der Waals surface area contributed by atoms with Crippen LogP contribution in [0.2, 0.25) is 0 Å². The van der Waals surface area contributed by atoms with E-state index in [9.17, 15) is 0 Å². The van der Waals surface area contributed by atoms with Gasteiger partial charge in [-0.3, -0.25) is 0 Å². The average molecular weight is 895 g/mol. The van der Waals surface area contributed by atoms with Crippen molar-refractivity contribution in [3.05, 3.63) is 236 Å². The molecule has 1 aliphatic rings. The first-order valence-corrected chi connectivity index (χ1v) is 25.0. The third-order valence-corrected chi connectivity index (χ3v) is 14.9. The van der Waals surface area contributed by atoms with Gasteiger partial charge in [0.05, 0.1) is 41.4 Å². The summed E-state index contributed by atoms with van der Waals surface area (Å²) in [5, 5.41) is 7.59. The molecule has 1 aliphatic heterocycles. The highest BCUT2D eigenvalue weighted by atomic mass is 31.0. The second-order valence-corrected chi connectivity index (χ2v) is 18.9. The van der Waals surface area contributed by atoms with Crippen molar-refractivity contribution in [1.82, 2.24) is 9.13 Å². The molecule has 0 amide bonds. The Bertz CT molecular complexity index is 3440. The summed E-state index contributed by atoms with van der Waals surface area (Å²) in [5.74, 6) is 1.82. The zero-order chi connectivity index (χ0) is 45.3. The lowest BCUT2D eigenvalue weighted by Crippen LogP contribution is -2.40. The van der Waals surface area contributed by atoms with Crippen molar-refractivity contribution < 1.29 is 7.58 Å². The fourth-order valence-corrected chi connectivity index (χ4v) is 11.8. The van der Waals surface area contributed by atoms with Crippen molar-refractivity contribution in [2.45, 2.75) is 6.92 Å². The van der Waals surface area contributed by atoms with Crippen molar-refractivity contribution in [2.24, 2.45) is 0 Å². The Morgan fingerprint density at radius 3 is 1.31 bits per heavy atom. The van der Waals surface area contributed by atoms with Gasteiger partial charge in [-0.25, -0.2) is 0 Å². The molecule has 1 atom stereocenters. The Hall–Kier alpha value is -7.31. The van der Waals surface area contributed by atoms with Crippen molar-refractivity contribution >= 4 is 90.7 Å². The molecule has 0 fully saturated rings. The highest BCUT2D eigenvalue weighted by Gasteiger charge is 2.44. The number of hydrogen-bond donors (Lipinski definition) is 0. The van der Waals surface area contributed by atoms with E-state index in [2.05, 4.69) is 225 Å². The molecule has 10 aromatic carbocycles. The van der Waals surface area contributed by atoms with Crippen molar-refractivity contribution in [1.29, 1.82) is 0 Å². The summed E-state index contributed by atoms with van der Waals surface area (Å²) in [5.41, 5.74) is 13.4. The molecule has 318 valence electrons. The largest absolute Gasteiger partial charge is 0.902 e. The first-order valence-electron chi connectivity index (χ1n) is 22.7. The van der Waals surface area contributed by atoms with E-state index in [0.29, 0.717) is 6.06 Å². The maximum Gasteiger partial charge on any atom is 0.902 e. The van der Waals surface area contributed by atoms with Gasteiger partial charge in [0.2, 0.25) is 0 Å². The predicted molar refractivity (Wildman–Crippen MR) is 288 cm³/mol. The number of para-hydroxylation sites is 4. The van der Waals surface area contributed by atoms with Gasteiger partial charge in [0.25, 0.3) is 0 Å². The number of fused-ring (bicyclic) bond motifs is 6. The lowest BCUT2D eigenvalue weighted by Gasteiger charge is -2.12. The summed E-state index contributed by atoms with van der Waals surface area (Å²) in [7, 11) is 7.17. The van der Waals surface area contributed by atoms with Crippen LogP contribution in [-0.4, -0.2) is 37.9 Å². The van der Waals surface area contributed by atoms with Crippen molar-refractivity contribution in [3.63, 3.8) is 0 Å². The van der Waals surface area contributed by atoms with Gasteiger partial charge in [0.15, 0.2) is 0 Å². The Morgan fingerprint density at radius 2 is 0.851 bits per heavy atom. The summed E-state index contributed by atoms with van der Waals surface area (Å²) in [4.78, 5) is 0. The zero-order valence-corrected chi connectivity index (χ0v) is 39.4.